The van der Waals surface area contributed by atoms with Crippen molar-refractivity contribution in [2.24, 2.45) is 0 Å². The van der Waals surface area contributed by atoms with Crippen LogP contribution in [0.5, 0.6) is 0 Å². The Balaban J connectivity index is 3.03. The van der Waals surface area contributed by atoms with E-state index in [2.05, 4.69) is 11.6 Å². The second-order valence-electron chi connectivity index (χ2n) is 2.22. The number of nitrogens with zero attached hydrogens (tertiary/aromatic N) is 1. The van der Waals surface area contributed by atoms with Gasteiger partial charge in [0, 0.05) is 6.20 Å². The molecule has 4 heteroatoms. The highest BCUT2D eigenvalue weighted by Gasteiger charge is 2.13. The van der Waals surface area contributed by atoms with Crippen LogP contribution in [0.25, 0.3) is 0 Å². The van der Waals surface area contributed by atoms with E-state index in [0.717, 1.165) is 0 Å². The smallest absolute Gasteiger partial charge is 0.260 e. The Hall–Kier alpha value is -1.21. The van der Waals surface area contributed by atoms with E-state index < -0.39 is 13.3 Å². The van der Waals surface area contributed by atoms with E-state index in [-0.39, 0.29) is 0 Å². The molecule has 0 aliphatic carbocycles. The fraction of sp³-hybridized carbons (Fsp3) is 0.125. The molecule has 0 aliphatic rings. The summed E-state index contributed by atoms with van der Waals surface area (Å²) in [6.07, 6.45) is 2.93. The molecular weight excluding hydrogens is 173 g/mol. The molecule has 12 heavy (non-hydrogen) atoms. The summed E-state index contributed by atoms with van der Waals surface area (Å²) in [6.45, 7) is 3.43. The second kappa shape index (κ2) is 3.98. The predicted octanol–water partition coefficient (Wildman–Crippen LogP) is 2.48. The molecule has 0 fully saturated rings. The highest BCUT2D eigenvalue weighted by Crippen LogP contribution is 2.30. The summed E-state index contributed by atoms with van der Waals surface area (Å²) in [5.41, 5.74) is -0.148. The van der Waals surface area contributed by atoms with Crippen molar-refractivity contribution < 1.29 is 9.13 Å². The fourth-order valence-electron chi connectivity index (χ4n) is 0.866. The third-order valence-corrected chi connectivity index (χ3v) is 2.37. The van der Waals surface area contributed by atoms with Gasteiger partial charge in [-0.25, -0.2) is 9.13 Å². The Labute approximate surface area is 71.0 Å². The van der Waals surface area contributed by atoms with E-state index in [9.17, 15) is 9.13 Å². The van der Waals surface area contributed by atoms with Crippen molar-refractivity contribution in [3.63, 3.8) is 0 Å². The lowest BCUT2D eigenvalue weighted by Crippen LogP contribution is -1.89. The molecule has 1 atom stereocenters. The van der Waals surface area contributed by atoms with Crippen LogP contribution in [0.2, 0.25) is 0 Å². The molecule has 0 bridgehead atoms. The van der Waals surface area contributed by atoms with Crippen molar-refractivity contribution in [2.75, 3.05) is 0 Å². The molecule has 1 rings (SSSR count). The number of pyridine rings is 1. The number of hydrogen-bond donors (Lipinski definition) is 0. The number of allylic oxidation sites excluding steroid dienone is 1. The standard InChI is InChI=1S/C8H8NO2P/c1-2-8(12(10)11)7-5-3-4-6-9-7/h2-6,8H,1H2. The van der Waals surface area contributed by atoms with Gasteiger partial charge < -0.3 is 0 Å². The minimum Gasteiger partial charge on any atom is -0.260 e. The van der Waals surface area contributed by atoms with Gasteiger partial charge in [-0.05, 0) is 12.1 Å². The number of hydrogen-bond acceptors (Lipinski definition) is 3. The van der Waals surface area contributed by atoms with Crippen LogP contribution in [0.3, 0.4) is 0 Å². The first-order valence-electron chi connectivity index (χ1n) is 3.42. The van der Waals surface area contributed by atoms with E-state index in [4.69, 9.17) is 0 Å². The lowest BCUT2D eigenvalue weighted by Gasteiger charge is -1.99. The largest absolute Gasteiger partial charge is 0.328 e. The Morgan fingerprint density at radius 3 is 2.67 bits per heavy atom. The van der Waals surface area contributed by atoms with Crippen LogP contribution in [0.15, 0.2) is 37.1 Å². The Bertz CT molecular complexity index is 324. The molecule has 0 saturated heterocycles. The topological polar surface area (TPSA) is 47.0 Å². The van der Waals surface area contributed by atoms with E-state index in [1.807, 2.05) is 0 Å². The molecular formula is C8H8NO2P. The average molecular weight is 181 g/mol. The van der Waals surface area contributed by atoms with E-state index in [0.29, 0.717) is 5.69 Å². The van der Waals surface area contributed by atoms with Crippen LogP contribution >= 0.6 is 7.68 Å². The summed E-state index contributed by atoms with van der Waals surface area (Å²) in [5, 5.41) is 0. The summed E-state index contributed by atoms with van der Waals surface area (Å²) in [7, 11) is -2.52. The second-order valence-corrected chi connectivity index (χ2v) is 3.35. The first kappa shape index (κ1) is 8.88. The Kier molecular flexibility index (Phi) is 2.94. The maximum atomic E-state index is 10.7. The van der Waals surface area contributed by atoms with Crippen molar-refractivity contribution in [3.05, 3.63) is 42.7 Å². The molecule has 0 aromatic carbocycles. The van der Waals surface area contributed by atoms with Gasteiger partial charge in [-0.2, -0.15) is 0 Å². The Morgan fingerprint density at radius 2 is 2.25 bits per heavy atom. The van der Waals surface area contributed by atoms with Gasteiger partial charge in [0.2, 0.25) is 0 Å². The predicted molar refractivity (Wildman–Crippen MR) is 45.5 cm³/mol. The first-order chi connectivity index (χ1) is 5.75. The number of aromatic nitrogens is 1. The monoisotopic (exact) mass is 181 g/mol. The van der Waals surface area contributed by atoms with Crippen LogP contribution in [0.4, 0.5) is 0 Å². The zero-order valence-corrected chi connectivity index (χ0v) is 7.28. The van der Waals surface area contributed by atoms with Gasteiger partial charge >= 0.3 is 7.68 Å². The average Bonchev–Trinajstić information content (AvgIpc) is 2.07. The van der Waals surface area contributed by atoms with E-state index >= 15 is 0 Å². The van der Waals surface area contributed by atoms with Gasteiger partial charge in [-0.3, -0.25) is 4.98 Å². The van der Waals surface area contributed by atoms with Crippen molar-refractivity contribution in [3.8, 4) is 0 Å². The molecule has 1 heterocycles. The van der Waals surface area contributed by atoms with Crippen LogP contribution < -0.4 is 0 Å². The third-order valence-electron chi connectivity index (χ3n) is 1.44. The van der Waals surface area contributed by atoms with Gasteiger partial charge in [0.25, 0.3) is 0 Å². The fourth-order valence-corrected chi connectivity index (χ4v) is 1.41. The van der Waals surface area contributed by atoms with Gasteiger partial charge in [0.05, 0.1) is 5.69 Å². The molecule has 0 saturated carbocycles. The van der Waals surface area contributed by atoms with Crippen LogP contribution in [-0.2, 0) is 9.13 Å². The van der Waals surface area contributed by atoms with Gasteiger partial charge in [0.1, 0.15) is 5.66 Å². The van der Waals surface area contributed by atoms with Crippen LogP contribution in [0, 0.1) is 0 Å². The zero-order chi connectivity index (χ0) is 8.97. The maximum Gasteiger partial charge on any atom is 0.328 e. The third kappa shape index (κ3) is 1.89. The SMILES string of the molecule is C=CC(c1ccccn1)P(=O)=O. The minimum atomic E-state index is -2.52. The highest BCUT2D eigenvalue weighted by molar-refractivity contribution is 7.31. The molecule has 3 nitrogen and oxygen atoms in total. The molecule has 62 valence electrons. The summed E-state index contributed by atoms with van der Waals surface area (Å²) in [6, 6.07) is 5.15. The first-order valence-corrected chi connectivity index (χ1v) is 4.67. The van der Waals surface area contributed by atoms with Crippen molar-refractivity contribution in [2.45, 2.75) is 5.66 Å². The summed E-state index contributed by atoms with van der Waals surface area (Å²) in [5.74, 6) is 0. The molecule has 1 aromatic rings. The maximum absolute atomic E-state index is 10.7. The molecule has 1 aromatic heterocycles. The summed E-state index contributed by atoms with van der Waals surface area (Å²) in [4.78, 5) is 3.92. The van der Waals surface area contributed by atoms with Crippen molar-refractivity contribution in [1.29, 1.82) is 0 Å². The summed E-state index contributed by atoms with van der Waals surface area (Å²) >= 11 is 0. The summed E-state index contributed by atoms with van der Waals surface area (Å²) < 4.78 is 21.3. The Morgan fingerprint density at radius 1 is 1.50 bits per heavy atom. The van der Waals surface area contributed by atoms with Gasteiger partial charge in [0.15, 0.2) is 0 Å². The molecule has 0 radical (unpaired) electrons. The van der Waals surface area contributed by atoms with Gasteiger partial charge in [-0.1, -0.05) is 12.1 Å². The normalized spacial score (nSPS) is 12.0. The van der Waals surface area contributed by atoms with Crippen LogP contribution in [0.1, 0.15) is 11.4 Å². The molecule has 0 amide bonds. The lowest BCUT2D eigenvalue weighted by molar-refractivity contribution is 0.510. The number of rotatable bonds is 3. The van der Waals surface area contributed by atoms with Crippen molar-refractivity contribution in [1.82, 2.24) is 4.98 Å². The van der Waals surface area contributed by atoms with E-state index in [1.54, 1.807) is 24.4 Å². The quantitative estimate of drug-likeness (QED) is 0.531. The van der Waals surface area contributed by atoms with Crippen LogP contribution in [-0.4, -0.2) is 4.98 Å². The molecule has 0 N–H and O–H groups in total. The molecule has 0 spiro atoms. The lowest BCUT2D eigenvalue weighted by atomic mass is 10.3. The van der Waals surface area contributed by atoms with E-state index in [1.165, 1.54) is 6.08 Å². The highest BCUT2D eigenvalue weighted by atomic mass is 31.1. The zero-order valence-electron chi connectivity index (χ0n) is 6.38. The van der Waals surface area contributed by atoms with Gasteiger partial charge in [-0.15, -0.1) is 6.58 Å². The minimum absolute atomic E-state index is 0.517. The molecule has 1 unspecified atom stereocenters. The van der Waals surface area contributed by atoms with Crippen molar-refractivity contribution >= 4 is 7.68 Å². The molecule has 0 aliphatic heterocycles.